The fourth-order valence-corrected chi connectivity index (χ4v) is 2.88. The number of rotatable bonds is 1. The average molecular weight is 249 g/mol. The lowest BCUT2D eigenvalue weighted by atomic mass is 9.99. The summed E-state index contributed by atoms with van der Waals surface area (Å²) in [7, 11) is 0. The van der Waals surface area contributed by atoms with E-state index in [1.165, 1.54) is 6.42 Å². The number of pyridine rings is 1. The molecule has 0 saturated carbocycles. The molecule has 2 saturated heterocycles. The zero-order valence-corrected chi connectivity index (χ0v) is 10.1. The summed E-state index contributed by atoms with van der Waals surface area (Å²) in [5, 5.41) is 12.7. The summed E-state index contributed by atoms with van der Waals surface area (Å²) in [6.45, 7) is 3.13. The molecule has 0 aliphatic carbocycles. The van der Waals surface area contributed by atoms with Gasteiger partial charge in [-0.25, -0.2) is 4.98 Å². The van der Waals surface area contributed by atoms with Crippen molar-refractivity contribution in [1.29, 1.82) is 5.26 Å². The van der Waals surface area contributed by atoms with Crippen LogP contribution in [0.3, 0.4) is 0 Å². The zero-order chi connectivity index (χ0) is 11.8. The SMILES string of the molecule is N#Cc1cc(N2CC3C[C@H](CN3)C2)cnc1Cl. The first-order chi connectivity index (χ1) is 8.26. The van der Waals surface area contributed by atoms with Crippen LogP contribution in [0.15, 0.2) is 12.3 Å². The van der Waals surface area contributed by atoms with Gasteiger partial charge in [-0.05, 0) is 18.4 Å². The molecule has 3 heterocycles. The van der Waals surface area contributed by atoms with Crippen molar-refractivity contribution in [3.8, 4) is 6.07 Å². The van der Waals surface area contributed by atoms with E-state index in [2.05, 4.69) is 21.3 Å². The Bertz CT molecular complexity index is 470. The van der Waals surface area contributed by atoms with E-state index in [0.29, 0.717) is 11.6 Å². The Labute approximate surface area is 105 Å². The third-order valence-corrected chi connectivity index (χ3v) is 3.84. The Morgan fingerprint density at radius 1 is 1.53 bits per heavy atom. The summed E-state index contributed by atoms with van der Waals surface area (Å²) in [6, 6.07) is 4.49. The minimum atomic E-state index is 0.286. The predicted octanol–water partition coefficient (Wildman–Crippen LogP) is 1.40. The molecule has 0 spiro atoms. The Hall–Kier alpha value is -1.31. The molecule has 3 rings (SSSR count). The van der Waals surface area contributed by atoms with Crippen LogP contribution in [-0.4, -0.2) is 30.7 Å². The largest absolute Gasteiger partial charge is 0.368 e. The number of aromatic nitrogens is 1. The predicted molar refractivity (Wildman–Crippen MR) is 66.1 cm³/mol. The Kier molecular flexibility index (Phi) is 2.65. The third kappa shape index (κ3) is 1.97. The minimum absolute atomic E-state index is 0.286. The number of nitriles is 1. The molecule has 1 aromatic rings. The molecule has 0 aromatic carbocycles. The van der Waals surface area contributed by atoms with Crippen LogP contribution in [0.5, 0.6) is 0 Å². The van der Waals surface area contributed by atoms with E-state index in [1.807, 2.05) is 6.07 Å². The standard InChI is InChI=1S/C12H13ClN4/c13-12-9(3-14)2-11(5-16-12)17-6-8-1-10(7-17)15-4-8/h2,5,8,10,15H,1,4,6-7H2/t8-,10?/m1/s1. The second-order valence-corrected chi connectivity index (χ2v) is 5.11. The van der Waals surface area contributed by atoms with Crippen LogP contribution in [0.1, 0.15) is 12.0 Å². The molecule has 2 aliphatic heterocycles. The quantitative estimate of drug-likeness (QED) is 0.764. The Morgan fingerprint density at radius 3 is 3.18 bits per heavy atom. The molecule has 1 N–H and O–H groups in total. The molecule has 2 atom stereocenters. The molecule has 1 unspecified atom stereocenters. The van der Waals surface area contributed by atoms with Crippen molar-refractivity contribution in [3.63, 3.8) is 0 Å². The van der Waals surface area contributed by atoms with E-state index in [0.717, 1.165) is 31.2 Å². The lowest BCUT2D eigenvalue weighted by Gasteiger charge is -2.32. The smallest absolute Gasteiger partial charge is 0.146 e. The first-order valence-electron chi connectivity index (χ1n) is 5.80. The highest BCUT2D eigenvalue weighted by Crippen LogP contribution is 2.28. The van der Waals surface area contributed by atoms with Crippen molar-refractivity contribution in [3.05, 3.63) is 23.0 Å². The van der Waals surface area contributed by atoms with Gasteiger partial charge >= 0.3 is 0 Å². The number of hydrogen-bond donors (Lipinski definition) is 1. The third-order valence-electron chi connectivity index (χ3n) is 3.54. The van der Waals surface area contributed by atoms with Gasteiger partial charge < -0.3 is 10.2 Å². The van der Waals surface area contributed by atoms with Gasteiger partial charge in [-0.15, -0.1) is 0 Å². The van der Waals surface area contributed by atoms with Gasteiger partial charge in [0.25, 0.3) is 0 Å². The molecule has 2 aliphatic rings. The summed E-state index contributed by atoms with van der Waals surface area (Å²) >= 11 is 5.84. The molecule has 17 heavy (non-hydrogen) atoms. The summed E-state index contributed by atoms with van der Waals surface area (Å²) in [5.41, 5.74) is 1.46. The van der Waals surface area contributed by atoms with Gasteiger partial charge in [0.2, 0.25) is 0 Å². The van der Waals surface area contributed by atoms with Gasteiger partial charge in [0.15, 0.2) is 0 Å². The highest BCUT2D eigenvalue weighted by molar-refractivity contribution is 6.30. The maximum absolute atomic E-state index is 8.95. The number of piperidine rings is 1. The van der Waals surface area contributed by atoms with Crippen molar-refractivity contribution < 1.29 is 0 Å². The monoisotopic (exact) mass is 248 g/mol. The van der Waals surface area contributed by atoms with Crippen LogP contribution >= 0.6 is 11.6 Å². The van der Waals surface area contributed by atoms with Crippen molar-refractivity contribution in [2.75, 3.05) is 24.5 Å². The second-order valence-electron chi connectivity index (χ2n) is 4.76. The maximum Gasteiger partial charge on any atom is 0.146 e. The summed E-state index contributed by atoms with van der Waals surface area (Å²) in [6.07, 6.45) is 3.02. The first kappa shape index (κ1) is 10.8. The van der Waals surface area contributed by atoms with Crippen molar-refractivity contribution in [1.82, 2.24) is 10.3 Å². The lowest BCUT2D eigenvalue weighted by molar-refractivity contribution is 0.474. The number of hydrogen-bond acceptors (Lipinski definition) is 4. The van der Waals surface area contributed by atoms with Crippen LogP contribution in [0, 0.1) is 17.2 Å². The van der Waals surface area contributed by atoms with E-state index in [-0.39, 0.29) is 5.15 Å². The van der Waals surface area contributed by atoms with E-state index in [4.69, 9.17) is 16.9 Å². The topological polar surface area (TPSA) is 52.0 Å². The fourth-order valence-electron chi connectivity index (χ4n) is 2.73. The molecule has 4 nitrogen and oxygen atoms in total. The highest BCUT2D eigenvalue weighted by atomic mass is 35.5. The Balaban J connectivity index is 1.87. The molecule has 0 radical (unpaired) electrons. The highest BCUT2D eigenvalue weighted by Gasteiger charge is 2.32. The van der Waals surface area contributed by atoms with Gasteiger partial charge in [0.1, 0.15) is 11.2 Å². The summed E-state index contributed by atoms with van der Waals surface area (Å²) < 4.78 is 0. The maximum atomic E-state index is 8.95. The van der Waals surface area contributed by atoms with E-state index in [1.54, 1.807) is 6.20 Å². The number of halogens is 1. The molecule has 1 aromatic heterocycles. The number of anilines is 1. The average Bonchev–Trinajstić information content (AvgIpc) is 2.69. The Morgan fingerprint density at radius 2 is 2.41 bits per heavy atom. The van der Waals surface area contributed by atoms with Gasteiger partial charge in [0, 0.05) is 25.7 Å². The number of nitrogens with one attached hydrogen (secondary N) is 1. The first-order valence-corrected chi connectivity index (χ1v) is 6.18. The molecule has 88 valence electrons. The van der Waals surface area contributed by atoms with Gasteiger partial charge in [-0.1, -0.05) is 11.6 Å². The molecular weight excluding hydrogens is 236 g/mol. The van der Waals surface area contributed by atoms with Gasteiger partial charge in [0.05, 0.1) is 17.4 Å². The zero-order valence-electron chi connectivity index (χ0n) is 9.36. The van der Waals surface area contributed by atoms with Crippen molar-refractivity contribution in [2.24, 2.45) is 5.92 Å². The number of fused-ring (bicyclic) bond motifs is 2. The summed E-state index contributed by atoms with van der Waals surface area (Å²) in [5.74, 6) is 0.718. The van der Waals surface area contributed by atoms with E-state index < -0.39 is 0 Å². The normalized spacial score (nSPS) is 26.9. The van der Waals surface area contributed by atoms with Gasteiger partial charge in [-0.2, -0.15) is 5.26 Å². The van der Waals surface area contributed by atoms with Crippen LogP contribution < -0.4 is 10.2 Å². The number of nitrogens with zero attached hydrogens (tertiary/aromatic N) is 3. The minimum Gasteiger partial charge on any atom is -0.368 e. The summed E-state index contributed by atoms with van der Waals surface area (Å²) in [4.78, 5) is 6.37. The van der Waals surface area contributed by atoms with Crippen LogP contribution in [-0.2, 0) is 0 Å². The fraction of sp³-hybridized carbons (Fsp3) is 0.500. The van der Waals surface area contributed by atoms with Crippen LogP contribution in [0.4, 0.5) is 5.69 Å². The molecule has 5 heteroatoms. The molecule has 2 fully saturated rings. The van der Waals surface area contributed by atoms with Crippen molar-refractivity contribution in [2.45, 2.75) is 12.5 Å². The van der Waals surface area contributed by atoms with Crippen LogP contribution in [0.25, 0.3) is 0 Å². The van der Waals surface area contributed by atoms with Gasteiger partial charge in [-0.3, -0.25) is 0 Å². The molecule has 0 amide bonds. The molecule has 2 bridgehead atoms. The lowest BCUT2D eigenvalue weighted by Crippen LogP contribution is -2.41. The molecular formula is C12H13ClN4. The van der Waals surface area contributed by atoms with E-state index in [9.17, 15) is 0 Å². The van der Waals surface area contributed by atoms with Crippen molar-refractivity contribution >= 4 is 17.3 Å². The van der Waals surface area contributed by atoms with Crippen LogP contribution in [0.2, 0.25) is 5.15 Å². The second kappa shape index (κ2) is 4.17. The van der Waals surface area contributed by atoms with E-state index >= 15 is 0 Å².